The molecule has 6 heteroatoms. The SMILES string of the molecule is COC(=O)COCC=CC[C@@H]1[C@@H](c2ccc(C(O)C3CCCCC3)cc2)[C@H](O)C[C@H]1Cl. The van der Waals surface area contributed by atoms with Gasteiger partial charge < -0.3 is 19.7 Å². The Hall–Kier alpha value is -1.40. The van der Waals surface area contributed by atoms with Crippen molar-refractivity contribution in [3.05, 3.63) is 47.5 Å². The van der Waals surface area contributed by atoms with Gasteiger partial charge in [-0.2, -0.15) is 0 Å². The van der Waals surface area contributed by atoms with Gasteiger partial charge in [0.2, 0.25) is 0 Å². The number of benzene rings is 1. The fraction of sp³-hybridized carbons (Fsp3) is 0.640. The van der Waals surface area contributed by atoms with Gasteiger partial charge >= 0.3 is 5.97 Å². The van der Waals surface area contributed by atoms with Gasteiger partial charge in [0, 0.05) is 11.3 Å². The van der Waals surface area contributed by atoms with E-state index < -0.39 is 18.2 Å². The highest BCUT2D eigenvalue weighted by molar-refractivity contribution is 6.21. The van der Waals surface area contributed by atoms with E-state index in [4.69, 9.17) is 16.3 Å². The Kier molecular flexibility index (Phi) is 9.39. The molecule has 0 radical (unpaired) electrons. The van der Waals surface area contributed by atoms with Crippen LogP contribution >= 0.6 is 11.6 Å². The number of ether oxygens (including phenoxy) is 2. The minimum atomic E-state index is -0.481. The number of allylic oxidation sites excluding steroid dienone is 1. The highest BCUT2D eigenvalue weighted by Gasteiger charge is 2.41. The molecule has 0 bridgehead atoms. The predicted octanol–water partition coefficient (Wildman–Crippen LogP) is 4.51. The average Bonchev–Trinajstić information content (AvgIpc) is 3.08. The van der Waals surface area contributed by atoms with E-state index in [0.717, 1.165) is 30.4 Å². The van der Waals surface area contributed by atoms with E-state index in [1.165, 1.54) is 26.4 Å². The van der Waals surface area contributed by atoms with E-state index in [1.54, 1.807) is 0 Å². The molecule has 5 atom stereocenters. The molecule has 0 spiro atoms. The lowest BCUT2D eigenvalue weighted by Gasteiger charge is -2.27. The molecule has 2 aliphatic rings. The van der Waals surface area contributed by atoms with Crippen molar-refractivity contribution in [1.82, 2.24) is 0 Å². The Labute approximate surface area is 190 Å². The first-order valence-electron chi connectivity index (χ1n) is 11.4. The van der Waals surface area contributed by atoms with E-state index in [2.05, 4.69) is 4.74 Å². The van der Waals surface area contributed by atoms with Crippen molar-refractivity contribution in [2.45, 2.75) is 68.4 Å². The van der Waals surface area contributed by atoms with Crippen LogP contribution in [0.5, 0.6) is 0 Å². The van der Waals surface area contributed by atoms with Crippen LogP contribution in [0.15, 0.2) is 36.4 Å². The normalized spacial score (nSPS) is 28.1. The number of hydrogen-bond donors (Lipinski definition) is 2. The van der Waals surface area contributed by atoms with Crippen molar-refractivity contribution >= 4 is 17.6 Å². The molecule has 2 N–H and O–H groups in total. The summed E-state index contributed by atoms with van der Waals surface area (Å²) in [5.74, 6) is 0.0279. The van der Waals surface area contributed by atoms with Crippen molar-refractivity contribution < 1.29 is 24.5 Å². The number of rotatable bonds is 9. The minimum Gasteiger partial charge on any atom is -0.467 e. The van der Waals surface area contributed by atoms with Gasteiger partial charge in [-0.15, -0.1) is 11.6 Å². The van der Waals surface area contributed by atoms with E-state index in [0.29, 0.717) is 18.9 Å². The summed E-state index contributed by atoms with van der Waals surface area (Å²) < 4.78 is 9.76. The van der Waals surface area contributed by atoms with Crippen LogP contribution in [0, 0.1) is 11.8 Å². The molecule has 2 aliphatic carbocycles. The topological polar surface area (TPSA) is 76.0 Å². The standard InChI is InChI=1S/C25H35ClO5/c1-30-23(28)16-31-14-6-5-9-20-21(26)15-22(27)24(20)17-10-12-19(13-11-17)25(29)18-7-3-2-4-8-18/h5-6,10-13,18,20-22,24-25,27,29H,2-4,7-9,14-16H2,1H3/t20-,21+,22+,24+,25?/m0/s1. The first-order chi connectivity index (χ1) is 15.0. The van der Waals surface area contributed by atoms with Gasteiger partial charge in [0.05, 0.1) is 25.9 Å². The van der Waals surface area contributed by atoms with Crippen LogP contribution in [-0.4, -0.2) is 48.0 Å². The van der Waals surface area contributed by atoms with Gasteiger partial charge in [0.25, 0.3) is 0 Å². The maximum Gasteiger partial charge on any atom is 0.331 e. The van der Waals surface area contributed by atoms with Crippen LogP contribution in [0.4, 0.5) is 0 Å². The lowest BCUT2D eigenvalue weighted by molar-refractivity contribution is -0.145. The smallest absolute Gasteiger partial charge is 0.331 e. The second kappa shape index (κ2) is 12.0. The number of alkyl halides is 1. The molecule has 1 aromatic rings. The van der Waals surface area contributed by atoms with Gasteiger partial charge in [-0.3, -0.25) is 0 Å². The van der Waals surface area contributed by atoms with Crippen molar-refractivity contribution in [3.8, 4) is 0 Å². The summed E-state index contributed by atoms with van der Waals surface area (Å²) in [5, 5.41) is 21.3. The van der Waals surface area contributed by atoms with Crippen LogP contribution in [0.25, 0.3) is 0 Å². The van der Waals surface area contributed by atoms with Gasteiger partial charge in [-0.25, -0.2) is 4.79 Å². The van der Waals surface area contributed by atoms with E-state index in [9.17, 15) is 15.0 Å². The van der Waals surface area contributed by atoms with Crippen molar-refractivity contribution in [3.63, 3.8) is 0 Å². The lowest BCUT2D eigenvalue weighted by Crippen LogP contribution is -2.19. The second-order valence-corrected chi connectivity index (χ2v) is 9.38. The number of hydrogen-bond acceptors (Lipinski definition) is 5. The first kappa shape index (κ1) is 24.2. The third-order valence-corrected chi connectivity index (χ3v) is 7.30. The molecule has 1 unspecified atom stereocenters. The quantitative estimate of drug-likeness (QED) is 0.250. The number of halogens is 1. The molecule has 1 aromatic carbocycles. The highest BCUT2D eigenvalue weighted by Crippen LogP contribution is 2.45. The number of carbonyl (C=O) groups excluding carboxylic acids is 1. The fourth-order valence-corrected chi connectivity index (χ4v) is 5.50. The average molecular weight is 451 g/mol. The summed E-state index contributed by atoms with van der Waals surface area (Å²) in [4.78, 5) is 11.1. The molecule has 0 heterocycles. The molecule has 0 saturated heterocycles. The molecule has 5 nitrogen and oxygen atoms in total. The molecule has 0 aromatic heterocycles. The van der Waals surface area contributed by atoms with Crippen molar-refractivity contribution in [2.75, 3.05) is 20.3 Å². The summed E-state index contributed by atoms with van der Waals surface area (Å²) in [6.07, 6.45) is 10.1. The van der Waals surface area contributed by atoms with Gasteiger partial charge in [0.15, 0.2) is 0 Å². The monoisotopic (exact) mass is 450 g/mol. The third kappa shape index (κ3) is 6.55. The Morgan fingerprint density at radius 2 is 1.90 bits per heavy atom. The number of esters is 1. The third-order valence-electron chi connectivity index (χ3n) is 6.80. The van der Waals surface area contributed by atoms with E-state index in [1.807, 2.05) is 36.4 Å². The summed E-state index contributed by atoms with van der Waals surface area (Å²) in [7, 11) is 1.33. The number of aliphatic hydroxyl groups excluding tert-OH is 2. The predicted molar refractivity (Wildman–Crippen MR) is 121 cm³/mol. The van der Waals surface area contributed by atoms with Crippen molar-refractivity contribution in [2.24, 2.45) is 11.8 Å². The summed E-state index contributed by atoms with van der Waals surface area (Å²) in [6, 6.07) is 8.10. The summed E-state index contributed by atoms with van der Waals surface area (Å²) in [6.45, 7) is 0.262. The first-order valence-corrected chi connectivity index (χ1v) is 11.8. The summed E-state index contributed by atoms with van der Waals surface area (Å²) in [5.41, 5.74) is 2.03. The molecule has 172 valence electrons. The highest BCUT2D eigenvalue weighted by atomic mass is 35.5. The van der Waals surface area contributed by atoms with Crippen molar-refractivity contribution in [1.29, 1.82) is 0 Å². The molecule has 3 rings (SSSR count). The van der Waals surface area contributed by atoms with Crippen LogP contribution in [0.2, 0.25) is 0 Å². The zero-order chi connectivity index (χ0) is 22.2. The Balaban J connectivity index is 1.59. The molecular weight excluding hydrogens is 416 g/mol. The number of carbonyl (C=O) groups is 1. The Morgan fingerprint density at radius 3 is 2.58 bits per heavy atom. The molecular formula is C25H35ClO5. The maximum absolute atomic E-state index is 11.1. The Morgan fingerprint density at radius 1 is 1.19 bits per heavy atom. The van der Waals surface area contributed by atoms with Crippen LogP contribution < -0.4 is 0 Å². The van der Waals surface area contributed by atoms with E-state index in [-0.39, 0.29) is 23.8 Å². The molecule has 0 aliphatic heterocycles. The fourth-order valence-electron chi connectivity index (χ4n) is 5.05. The largest absolute Gasteiger partial charge is 0.467 e. The van der Waals surface area contributed by atoms with Gasteiger partial charge in [-0.05, 0) is 48.6 Å². The van der Waals surface area contributed by atoms with Crippen LogP contribution in [0.1, 0.15) is 68.1 Å². The van der Waals surface area contributed by atoms with Gasteiger partial charge in [0.1, 0.15) is 6.61 Å². The zero-order valence-corrected chi connectivity index (χ0v) is 19.0. The van der Waals surface area contributed by atoms with Gasteiger partial charge in [-0.1, -0.05) is 55.7 Å². The number of aliphatic hydroxyl groups is 2. The zero-order valence-electron chi connectivity index (χ0n) is 18.3. The maximum atomic E-state index is 11.1. The second-order valence-electron chi connectivity index (χ2n) is 8.82. The molecule has 31 heavy (non-hydrogen) atoms. The minimum absolute atomic E-state index is 0.0380. The van der Waals surface area contributed by atoms with E-state index >= 15 is 0 Å². The summed E-state index contributed by atoms with van der Waals surface area (Å²) >= 11 is 6.58. The molecule has 2 fully saturated rings. The number of methoxy groups -OCH3 is 1. The molecule has 2 saturated carbocycles. The Bertz CT molecular complexity index is 713. The van der Waals surface area contributed by atoms with Crippen LogP contribution in [-0.2, 0) is 14.3 Å². The van der Waals surface area contributed by atoms with Crippen LogP contribution in [0.3, 0.4) is 0 Å². The molecule has 0 amide bonds. The lowest BCUT2D eigenvalue weighted by atomic mass is 9.81.